The Kier molecular flexibility index (Phi) is 20.7. The predicted octanol–water partition coefficient (Wildman–Crippen LogP) is -7.85. The van der Waals surface area contributed by atoms with Gasteiger partial charge in [-0.1, -0.05) is 6.07 Å². The topological polar surface area (TPSA) is 262 Å². The zero-order valence-corrected chi connectivity index (χ0v) is 17.2. The number of hydrogen-bond donors (Lipinski definition) is 2. The third-order valence-electron chi connectivity index (χ3n) is 2.13. The first-order valence-corrected chi connectivity index (χ1v) is 9.47. The van der Waals surface area contributed by atoms with Crippen LogP contribution in [0.5, 0.6) is 0 Å². The fourth-order valence-corrected chi connectivity index (χ4v) is 1.36. The number of nitriles is 1. The van der Waals surface area contributed by atoms with Crippen molar-refractivity contribution in [3.63, 3.8) is 0 Å². The van der Waals surface area contributed by atoms with Crippen LogP contribution in [0.1, 0.15) is 18.4 Å². The molecule has 1 radical (unpaired) electrons. The van der Waals surface area contributed by atoms with E-state index in [-0.39, 0.29) is 17.1 Å². The summed E-state index contributed by atoms with van der Waals surface area (Å²) in [5.74, 6) is 0.969. The van der Waals surface area contributed by atoms with E-state index in [0.29, 0.717) is 0 Å². The summed E-state index contributed by atoms with van der Waals surface area (Å²) in [7, 11) is -9.89. The zero-order chi connectivity index (χ0) is 22.1. The summed E-state index contributed by atoms with van der Waals surface area (Å²) in [5.41, 5.74) is 1.12. The molecule has 0 saturated heterocycles. The van der Waals surface area contributed by atoms with Crippen LogP contribution in [-0.2, 0) is 30.0 Å². The Hall–Kier alpha value is -1.41. The molecule has 2 aromatic heterocycles. The van der Waals surface area contributed by atoms with Gasteiger partial charge in [0, 0.05) is 44.2 Å². The van der Waals surface area contributed by atoms with Crippen LogP contribution in [-0.4, -0.2) is 21.5 Å². The van der Waals surface area contributed by atoms with Crippen LogP contribution < -0.4 is 42.6 Å². The molecule has 0 atom stereocenters. The van der Waals surface area contributed by atoms with Crippen molar-refractivity contribution >= 4 is 0 Å². The number of halogens is 2. The molecule has 2 aromatic rings. The summed E-state index contributed by atoms with van der Waals surface area (Å²) in [6.45, 7) is 3.12. The second-order valence-corrected chi connectivity index (χ2v) is 5.78. The zero-order valence-electron chi connectivity index (χ0n) is 14.8. The predicted molar refractivity (Wildman–Crippen MR) is 69.5 cm³/mol. The van der Waals surface area contributed by atoms with Gasteiger partial charge in [-0.3, -0.25) is 4.98 Å². The average molecular weight is 506 g/mol. The molecule has 0 amide bonds. The molecule has 0 aromatic carbocycles. The maximum atomic E-state index is 8.49. The molecular weight excluding hydrogens is 489 g/mol. The number of rotatable bonds is 5. The van der Waals surface area contributed by atoms with Crippen LogP contribution >= 0.6 is 0 Å². The Morgan fingerprint density at radius 1 is 1.00 bits per heavy atom. The van der Waals surface area contributed by atoms with Crippen LogP contribution in [0.3, 0.4) is 0 Å². The number of aromatic nitrogens is 3. The molecule has 13 nitrogen and oxygen atoms in total. The SMILES string of the molecule is CC#N.[Cu+2].[O-][Cl+3]([O-])([O-])[O-].[O-][Cl+3]([O-])([O-])[O-].c1ccc(CCNCc2ncc[nH]2)nc1. The Bertz CT molecular complexity index is 611. The van der Waals surface area contributed by atoms with E-state index in [1.807, 2.05) is 30.6 Å². The molecule has 0 saturated carbocycles. The minimum absolute atomic E-state index is 0. The molecule has 16 heteroatoms. The van der Waals surface area contributed by atoms with Crippen LogP contribution in [0.2, 0.25) is 0 Å². The quantitative estimate of drug-likeness (QED) is 0.283. The Labute approximate surface area is 181 Å². The van der Waals surface area contributed by atoms with Gasteiger partial charge in [-0.25, -0.2) is 42.3 Å². The summed E-state index contributed by atoms with van der Waals surface area (Å²) >= 11 is 0. The first kappa shape index (κ1) is 32.3. The molecule has 2 heterocycles. The molecular formula is C13H17Cl2CuN5O8. The van der Waals surface area contributed by atoms with E-state index in [9.17, 15) is 0 Å². The normalized spacial score (nSPS) is 9.79. The minimum atomic E-state index is -4.94. The molecule has 167 valence electrons. The van der Waals surface area contributed by atoms with E-state index in [1.54, 1.807) is 12.3 Å². The number of H-pyrrole nitrogens is 1. The molecule has 0 aliphatic heterocycles. The van der Waals surface area contributed by atoms with Gasteiger partial charge in [0.2, 0.25) is 0 Å². The maximum absolute atomic E-state index is 8.49. The van der Waals surface area contributed by atoms with Gasteiger partial charge < -0.3 is 10.3 Å². The fraction of sp³-hybridized carbons (Fsp3) is 0.308. The number of hydrogen-bond acceptors (Lipinski definition) is 12. The van der Waals surface area contributed by atoms with Gasteiger partial charge in [0.25, 0.3) is 0 Å². The standard InChI is InChI=1S/C11H14N4.C2H3N.2ClHO4.Cu/c1-2-5-13-10(3-1)4-6-12-9-11-14-7-8-15-11;1-2-3;2*2-1(3,4)5;/h1-3,5,7-8,12H,4,6,9H2,(H,14,15);1H3;2*(H,2,3,4,5);/q;;;;+2/p-2. The van der Waals surface area contributed by atoms with Crippen molar-refractivity contribution in [1.29, 1.82) is 5.26 Å². The number of aromatic amines is 1. The largest absolute Gasteiger partial charge is 2.00 e. The molecule has 2 rings (SSSR count). The average Bonchev–Trinajstić information content (AvgIpc) is 3.04. The molecule has 0 spiro atoms. The number of nitrogens with one attached hydrogen (secondary N) is 2. The molecule has 29 heavy (non-hydrogen) atoms. The second kappa shape index (κ2) is 18.6. The Morgan fingerprint density at radius 3 is 1.90 bits per heavy atom. The summed E-state index contributed by atoms with van der Waals surface area (Å²) < 4.78 is 67.9. The summed E-state index contributed by atoms with van der Waals surface area (Å²) in [6.07, 6.45) is 6.36. The molecule has 0 unspecified atom stereocenters. The van der Waals surface area contributed by atoms with Gasteiger partial charge in [-0.05, 0) is 12.1 Å². The van der Waals surface area contributed by atoms with E-state index in [0.717, 1.165) is 31.0 Å². The Morgan fingerprint density at radius 2 is 1.52 bits per heavy atom. The van der Waals surface area contributed by atoms with Crippen molar-refractivity contribution < 1.29 is 74.8 Å². The maximum Gasteiger partial charge on any atom is 2.00 e. The summed E-state index contributed by atoms with van der Waals surface area (Å²) in [6, 6.07) is 7.73. The van der Waals surface area contributed by atoms with Crippen LogP contribution in [0.25, 0.3) is 0 Å². The molecule has 0 fully saturated rings. The molecule has 0 aliphatic rings. The number of nitrogens with zero attached hydrogens (tertiary/aromatic N) is 3. The monoisotopic (exact) mass is 504 g/mol. The van der Waals surface area contributed by atoms with Crippen molar-refractivity contribution in [1.82, 2.24) is 20.3 Å². The van der Waals surface area contributed by atoms with Gasteiger partial charge in [-0.2, -0.15) is 5.26 Å². The van der Waals surface area contributed by atoms with Crippen LogP contribution in [0.15, 0.2) is 36.8 Å². The van der Waals surface area contributed by atoms with Gasteiger partial charge in [0.15, 0.2) is 0 Å². The minimum Gasteiger partial charge on any atom is -0.348 e. The van der Waals surface area contributed by atoms with Gasteiger partial charge >= 0.3 is 17.1 Å². The van der Waals surface area contributed by atoms with Crippen molar-refractivity contribution in [3.05, 3.63) is 48.3 Å². The van der Waals surface area contributed by atoms with E-state index >= 15 is 0 Å². The molecule has 0 bridgehead atoms. The van der Waals surface area contributed by atoms with E-state index in [1.165, 1.54) is 6.92 Å². The third kappa shape index (κ3) is 37.9. The first-order chi connectivity index (χ1) is 12.9. The number of imidazole rings is 1. The second-order valence-electron chi connectivity index (χ2n) is 4.26. The van der Waals surface area contributed by atoms with Gasteiger partial charge in [0.05, 0.1) is 12.6 Å². The fourth-order valence-electron chi connectivity index (χ4n) is 1.36. The third-order valence-corrected chi connectivity index (χ3v) is 2.13. The molecule has 2 N–H and O–H groups in total. The van der Waals surface area contributed by atoms with Gasteiger partial charge in [-0.15, -0.1) is 20.5 Å². The number of pyridine rings is 1. The van der Waals surface area contributed by atoms with E-state index in [4.69, 9.17) is 42.5 Å². The van der Waals surface area contributed by atoms with Crippen molar-refractivity contribution in [2.24, 2.45) is 0 Å². The van der Waals surface area contributed by atoms with E-state index in [2.05, 4.69) is 20.3 Å². The van der Waals surface area contributed by atoms with E-state index < -0.39 is 20.5 Å². The Balaban J connectivity index is -0.000000404. The van der Waals surface area contributed by atoms with Crippen molar-refractivity contribution in [3.8, 4) is 6.07 Å². The summed E-state index contributed by atoms with van der Waals surface area (Å²) in [5, 5.41) is 10.6. The van der Waals surface area contributed by atoms with Crippen LogP contribution in [0, 0.1) is 31.8 Å². The van der Waals surface area contributed by atoms with Crippen molar-refractivity contribution in [2.45, 2.75) is 19.9 Å². The molecule has 0 aliphatic carbocycles. The first-order valence-electron chi connectivity index (χ1n) is 7.00. The van der Waals surface area contributed by atoms with Gasteiger partial charge in [0.1, 0.15) is 5.82 Å². The summed E-state index contributed by atoms with van der Waals surface area (Å²) in [4.78, 5) is 11.4. The van der Waals surface area contributed by atoms with Crippen molar-refractivity contribution in [2.75, 3.05) is 6.54 Å². The van der Waals surface area contributed by atoms with Crippen LogP contribution in [0.4, 0.5) is 0 Å². The smallest absolute Gasteiger partial charge is 0.348 e.